The molecular weight excluding hydrogens is 360 g/mol. The Morgan fingerprint density at radius 2 is 1.70 bits per heavy atom. The van der Waals surface area contributed by atoms with Gasteiger partial charge in [-0.3, -0.25) is 4.79 Å². The second kappa shape index (κ2) is 7.92. The van der Waals surface area contributed by atoms with Crippen molar-refractivity contribution in [2.24, 2.45) is 11.8 Å². The minimum absolute atomic E-state index is 0.160. The molecule has 0 aliphatic heterocycles. The molecule has 1 aromatic rings. The van der Waals surface area contributed by atoms with Gasteiger partial charge in [0.1, 0.15) is 0 Å². The van der Waals surface area contributed by atoms with Crippen molar-refractivity contribution in [3.05, 3.63) is 28.8 Å². The van der Waals surface area contributed by atoms with Crippen LogP contribution < -0.4 is 5.32 Å². The Hall–Kier alpha value is -1.40. The first kappa shape index (κ1) is 20.3. The molecule has 1 amide bonds. The second-order valence-electron chi connectivity index (χ2n) is 8.49. The van der Waals surface area contributed by atoms with Crippen LogP contribution in [0.4, 0.5) is 0 Å². The van der Waals surface area contributed by atoms with Gasteiger partial charge in [-0.1, -0.05) is 25.7 Å². The number of carbonyl (C=O) groups excluding carboxylic acids is 1. The summed E-state index contributed by atoms with van der Waals surface area (Å²) in [5.41, 5.74) is 1.95. The molecule has 0 unspecified atom stereocenters. The van der Waals surface area contributed by atoms with E-state index in [4.69, 9.17) is 0 Å². The number of nitrogens with one attached hydrogen (secondary N) is 1. The molecule has 5 nitrogen and oxygen atoms in total. The van der Waals surface area contributed by atoms with E-state index in [0.717, 1.165) is 30.2 Å². The lowest BCUT2D eigenvalue weighted by molar-refractivity contribution is 0.0879. The maximum Gasteiger partial charge on any atom is 0.251 e. The maximum atomic E-state index is 12.9. The summed E-state index contributed by atoms with van der Waals surface area (Å²) >= 11 is 0. The molecule has 0 aromatic heterocycles. The predicted octanol–water partition coefficient (Wildman–Crippen LogP) is 3.64. The molecule has 2 aliphatic rings. The van der Waals surface area contributed by atoms with Crippen LogP contribution >= 0.6 is 0 Å². The van der Waals surface area contributed by atoms with Gasteiger partial charge in [0.2, 0.25) is 10.0 Å². The average molecular weight is 393 g/mol. The summed E-state index contributed by atoms with van der Waals surface area (Å²) < 4.78 is 26.4. The van der Waals surface area contributed by atoms with E-state index < -0.39 is 10.0 Å². The molecule has 27 heavy (non-hydrogen) atoms. The van der Waals surface area contributed by atoms with Crippen LogP contribution in [0.3, 0.4) is 0 Å². The van der Waals surface area contributed by atoms with Crippen molar-refractivity contribution in [2.75, 3.05) is 14.1 Å². The van der Waals surface area contributed by atoms with E-state index in [1.807, 2.05) is 6.92 Å². The highest BCUT2D eigenvalue weighted by Crippen LogP contribution is 2.40. The lowest BCUT2D eigenvalue weighted by Crippen LogP contribution is -2.41. The van der Waals surface area contributed by atoms with E-state index in [1.165, 1.54) is 56.6 Å². The van der Waals surface area contributed by atoms with Crippen molar-refractivity contribution in [1.82, 2.24) is 9.62 Å². The van der Waals surface area contributed by atoms with Gasteiger partial charge in [0, 0.05) is 25.7 Å². The summed E-state index contributed by atoms with van der Waals surface area (Å²) in [6.45, 7) is 3.64. The number of hydrogen-bond donors (Lipinski definition) is 1. The number of rotatable bonds is 4. The molecule has 2 saturated carbocycles. The van der Waals surface area contributed by atoms with E-state index in [1.54, 1.807) is 13.0 Å². The fourth-order valence-electron chi connectivity index (χ4n) is 4.70. The van der Waals surface area contributed by atoms with E-state index in [9.17, 15) is 13.2 Å². The summed E-state index contributed by atoms with van der Waals surface area (Å²) in [6, 6.07) is 3.53. The molecule has 0 spiro atoms. The zero-order chi connectivity index (χ0) is 19.8. The SMILES string of the molecule is Cc1cc(C(=O)N[C@@H]2CC[C@H]3CCCC[C@@H]3C2)cc(S(=O)(=O)N(C)C)c1C. The third-order valence-corrected chi connectivity index (χ3v) is 8.46. The van der Waals surface area contributed by atoms with Crippen LogP contribution in [-0.2, 0) is 10.0 Å². The number of amides is 1. The third kappa shape index (κ3) is 4.21. The Bertz CT molecular complexity index is 817. The molecule has 0 heterocycles. The number of sulfonamides is 1. The molecule has 3 atom stereocenters. The second-order valence-corrected chi connectivity index (χ2v) is 10.6. The van der Waals surface area contributed by atoms with Gasteiger partial charge < -0.3 is 5.32 Å². The quantitative estimate of drug-likeness (QED) is 0.851. The van der Waals surface area contributed by atoms with Crippen molar-refractivity contribution in [3.63, 3.8) is 0 Å². The van der Waals surface area contributed by atoms with Crippen LogP contribution in [0.25, 0.3) is 0 Å². The summed E-state index contributed by atoms with van der Waals surface area (Å²) in [5, 5.41) is 3.18. The Balaban J connectivity index is 1.78. The molecule has 2 aliphatic carbocycles. The van der Waals surface area contributed by atoms with Gasteiger partial charge in [-0.2, -0.15) is 0 Å². The van der Waals surface area contributed by atoms with Gasteiger partial charge in [0.05, 0.1) is 4.90 Å². The minimum Gasteiger partial charge on any atom is -0.349 e. The molecule has 0 saturated heterocycles. The highest BCUT2D eigenvalue weighted by atomic mass is 32.2. The van der Waals surface area contributed by atoms with Gasteiger partial charge in [0.15, 0.2) is 0 Å². The highest BCUT2D eigenvalue weighted by Gasteiger charge is 2.33. The molecule has 1 aromatic carbocycles. The van der Waals surface area contributed by atoms with Gasteiger partial charge in [0.25, 0.3) is 5.91 Å². The largest absolute Gasteiger partial charge is 0.349 e. The van der Waals surface area contributed by atoms with E-state index in [-0.39, 0.29) is 16.8 Å². The Morgan fingerprint density at radius 3 is 2.37 bits per heavy atom. The Kier molecular flexibility index (Phi) is 5.96. The van der Waals surface area contributed by atoms with E-state index in [0.29, 0.717) is 11.1 Å². The van der Waals surface area contributed by atoms with E-state index >= 15 is 0 Å². The molecule has 6 heteroatoms. The number of hydrogen-bond acceptors (Lipinski definition) is 3. The fraction of sp³-hybridized carbons (Fsp3) is 0.667. The number of aryl methyl sites for hydroxylation is 1. The van der Waals surface area contributed by atoms with Gasteiger partial charge in [-0.05, 0) is 68.2 Å². The fourth-order valence-corrected chi connectivity index (χ4v) is 5.91. The lowest BCUT2D eigenvalue weighted by Gasteiger charge is -2.39. The summed E-state index contributed by atoms with van der Waals surface area (Å²) in [7, 11) is -0.555. The zero-order valence-corrected chi connectivity index (χ0v) is 17.7. The summed E-state index contributed by atoms with van der Waals surface area (Å²) in [5.74, 6) is 1.42. The molecule has 150 valence electrons. The van der Waals surface area contributed by atoms with Crippen LogP contribution in [0.15, 0.2) is 17.0 Å². The van der Waals surface area contributed by atoms with Gasteiger partial charge >= 0.3 is 0 Å². The number of nitrogens with zero attached hydrogens (tertiary/aromatic N) is 1. The first-order chi connectivity index (χ1) is 12.7. The monoisotopic (exact) mass is 392 g/mol. The number of benzene rings is 1. The molecule has 0 bridgehead atoms. The highest BCUT2D eigenvalue weighted by molar-refractivity contribution is 7.89. The maximum absolute atomic E-state index is 12.9. The van der Waals surface area contributed by atoms with Crippen molar-refractivity contribution in [1.29, 1.82) is 0 Å². The summed E-state index contributed by atoms with van der Waals surface area (Å²) in [6.07, 6.45) is 8.57. The molecule has 2 fully saturated rings. The van der Waals surface area contributed by atoms with Crippen molar-refractivity contribution in [2.45, 2.75) is 69.7 Å². The van der Waals surface area contributed by atoms with Crippen molar-refractivity contribution in [3.8, 4) is 0 Å². The summed E-state index contributed by atoms with van der Waals surface area (Å²) in [4.78, 5) is 13.1. The topological polar surface area (TPSA) is 66.5 Å². The van der Waals surface area contributed by atoms with Crippen LogP contribution in [0.5, 0.6) is 0 Å². The normalized spacial score (nSPS) is 25.9. The molecule has 0 radical (unpaired) electrons. The van der Waals surface area contributed by atoms with Crippen molar-refractivity contribution < 1.29 is 13.2 Å². The standard InChI is InChI=1S/C21H32N2O3S/c1-14-11-18(13-20(15(14)2)27(25,26)23(3)4)21(24)22-19-10-9-16-7-5-6-8-17(16)12-19/h11,13,16-17,19H,5-10,12H2,1-4H3,(H,22,24)/t16-,17-,19-/m1/s1. The van der Waals surface area contributed by atoms with Gasteiger partial charge in [-0.15, -0.1) is 0 Å². The third-order valence-electron chi connectivity index (χ3n) is 6.52. The molecule has 3 rings (SSSR count). The predicted molar refractivity (Wildman–Crippen MR) is 107 cm³/mol. The molecular formula is C21H32N2O3S. The van der Waals surface area contributed by atoms with Crippen LogP contribution in [0.1, 0.15) is 66.4 Å². The Labute approximate surface area is 163 Å². The lowest BCUT2D eigenvalue weighted by atomic mass is 9.69. The first-order valence-corrected chi connectivity index (χ1v) is 11.5. The average Bonchev–Trinajstić information content (AvgIpc) is 2.63. The first-order valence-electron chi connectivity index (χ1n) is 10.0. The van der Waals surface area contributed by atoms with Gasteiger partial charge in [-0.25, -0.2) is 12.7 Å². The van der Waals surface area contributed by atoms with Crippen molar-refractivity contribution >= 4 is 15.9 Å². The minimum atomic E-state index is -3.58. The zero-order valence-electron chi connectivity index (χ0n) is 16.9. The number of carbonyl (C=O) groups is 1. The smallest absolute Gasteiger partial charge is 0.251 e. The van der Waals surface area contributed by atoms with Crippen LogP contribution in [0, 0.1) is 25.7 Å². The van der Waals surface area contributed by atoms with E-state index in [2.05, 4.69) is 5.32 Å². The molecule has 1 N–H and O–H groups in total. The Morgan fingerprint density at radius 1 is 1.04 bits per heavy atom. The van der Waals surface area contributed by atoms with Crippen LogP contribution in [-0.4, -0.2) is 38.8 Å². The number of fused-ring (bicyclic) bond motifs is 1. The van der Waals surface area contributed by atoms with Crippen LogP contribution in [0.2, 0.25) is 0 Å².